The molecule has 0 aromatic heterocycles. The fourth-order valence-electron chi connectivity index (χ4n) is 1.13. The molecule has 15 heavy (non-hydrogen) atoms. The van der Waals surface area contributed by atoms with Crippen molar-refractivity contribution in [2.24, 2.45) is 0 Å². The molecule has 1 aromatic carbocycles. The molecule has 0 radical (unpaired) electrons. The molecule has 1 rings (SSSR count). The summed E-state index contributed by atoms with van der Waals surface area (Å²) < 4.78 is 23.5. The first-order chi connectivity index (χ1) is 6.98. The van der Waals surface area contributed by atoms with Crippen LogP contribution in [0.15, 0.2) is 29.2 Å². The van der Waals surface area contributed by atoms with Gasteiger partial charge in [-0.3, -0.25) is 0 Å². The second-order valence-corrected chi connectivity index (χ2v) is 6.27. The van der Waals surface area contributed by atoms with Gasteiger partial charge in [-0.05, 0) is 38.1 Å². The summed E-state index contributed by atoms with van der Waals surface area (Å²) in [5.41, 5.74) is 0.868. The number of benzene rings is 1. The molecule has 3 nitrogen and oxygen atoms in total. The topological polar surface area (TPSA) is 46.2 Å². The molecule has 5 heteroatoms. The second-order valence-electron chi connectivity index (χ2n) is 3.45. The van der Waals surface area contributed by atoms with Gasteiger partial charge in [-0.25, -0.2) is 8.42 Å². The van der Waals surface area contributed by atoms with Crippen LogP contribution in [0.5, 0.6) is 0 Å². The van der Waals surface area contributed by atoms with E-state index in [-0.39, 0.29) is 5.25 Å². The number of rotatable bonds is 4. The molecule has 1 N–H and O–H groups in total. The molecule has 0 unspecified atom stereocenters. The van der Waals surface area contributed by atoms with Gasteiger partial charge in [0.25, 0.3) is 0 Å². The third-order valence-electron chi connectivity index (χ3n) is 2.09. The minimum absolute atomic E-state index is 0.363. The molecule has 0 heterocycles. The van der Waals surface area contributed by atoms with E-state index in [1.165, 1.54) is 0 Å². The number of hydrogen-bond acceptors (Lipinski definition) is 4. The van der Waals surface area contributed by atoms with Gasteiger partial charge in [0.05, 0.1) is 16.0 Å². The third-order valence-corrected chi connectivity index (χ3v) is 4.42. The molecule has 0 aliphatic rings. The van der Waals surface area contributed by atoms with Crippen molar-refractivity contribution in [2.75, 3.05) is 11.2 Å². The van der Waals surface area contributed by atoms with Gasteiger partial charge in [-0.2, -0.15) is 12.6 Å². The lowest BCUT2D eigenvalue weighted by Crippen LogP contribution is -2.13. The first-order valence-corrected chi connectivity index (χ1v) is 6.85. The summed E-state index contributed by atoms with van der Waals surface area (Å²) in [5, 5.41) is 2.60. The summed E-state index contributed by atoms with van der Waals surface area (Å²) >= 11 is 4.02. The second kappa shape index (κ2) is 4.90. The van der Waals surface area contributed by atoms with Gasteiger partial charge in [0, 0.05) is 5.69 Å². The maximum absolute atomic E-state index is 11.8. The van der Waals surface area contributed by atoms with Gasteiger partial charge in [0.15, 0.2) is 9.84 Å². The van der Waals surface area contributed by atoms with E-state index in [1.54, 1.807) is 38.1 Å². The monoisotopic (exact) mass is 245 g/mol. The maximum Gasteiger partial charge on any atom is 0.180 e. The Hall–Kier alpha value is -0.680. The first kappa shape index (κ1) is 12.4. The zero-order valence-electron chi connectivity index (χ0n) is 8.77. The fourth-order valence-corrected chi connectivity index (χ4v) is 2.37. The fraction of sp³-hybridized carbons (Fsp3) is 0.400. The van der Waals surface area contributed by atoms with E-state index >= 15 is 0 Å². The van der Waals surface area contributed by atoms with E-state index in [0.717, 1.165) is 5.69 Å². The number of nitrogens with one attached hydrogen (secondary N) is 1. The van der Waals surface area contributed by atoms with E-state index < -0.39 is 9.84 Å². The molecular formula is C10H15NO2S2. The molecule has 0 fully saturated rings. The first-order valence-electron chi connectivity index (χ1n) is 4.67. The molecule has 0 saturated heterocycles. The Bertz CT molecular complexity index is 410. The van der Waals surface area contributed by atoms with E-state index in [9.17, 15) is 8.42 Å². The van der Waals surface area contributed by atoms with Gasteiger partial charge >= 0.3 is 0 Å². The summed E-state index contributed by atoms with van der Waals surface area (Å²) in [6.07, 6.45) is 0. The quantitative estimate of drug-likeness (QED) is 0.631. The molecule has 0 aliphatic carbocycles. The average Bonchev–Trinajstić information content (AvgIpc) is 2.19. The van der Waals surface area contributed by atoms with Crippen LogP contribution in [-0.2, 0) is 9.84 Å². The Labute approximate surface area is 96.2 Å². The lowest BCUT2D eigenvalue weighted by atomic mass is 10.3. The molecule has 0 amide bonds. The number of anilines is 1. The van der Waals surface area contributed by atoms with Gasteiger partial charge in [0.2, 0.25) is 0 Å². The van der Waals surface area contributed by atoms with Crippen LogP contribution in [0.1, 0.15) is 13.8 Å². The molecule has 0 atom stereocenters. The summed E-state index contributed by atoms with van der Waals surface area (Å²) in [6.45, 7) is 3.35. The van der Waals surface area contributed by atoms with Crippen molar-refractivity contribution in [1.82, 2.24) is 0 Å². The Morgan fingerprint density at radius 3 is 2.20 bits per heavy atom. The predicted molar refractivity (Wildman–Crippen MR) is 66.2 cm³/mol. The lowest BCUT2D eigenvalue weighted by Gasteiger charge is -2.08. The van der Waals surface area contributed by atoms with E-state index in [2.05, 4.69) is 17.9 Å². The van der Waals surface area contributed by atoms with Gasteiger partial charge < -0.3 is 5.32 Å². The van der Waals surface area contributed by atoms with Crippen molar-refractivity contribution in [2.45, 2.75) is 24.0 Å². The zero-order valence-corrected chi connectivity index (χ0v) is 10.5. The maximum atomic E-state index is 11.8. The Balaban J connectivity index is 2.99. The summed E-state index contributed by atoms with van der Waals surface area (Å²) in [4.78, 5) is 0.363. The van der Waals surface area contributed by atoms with Gasteiger partial charge in [-0.15, -0.1) is 0 Å². The number of thiol groups is 1. The molecule has 84 valence electrons. The van der Waals surface area contributed by atoms with Crippen LogP contribution in [0.4, 0.5) is 5.69 Å². The Morgan fingerprint density at radius 2 is 1.80 bits per heavy atom. The Morgan fingerprint density at radius 1 is 1.27 bits per heavy atom. The van der Waals surface area contributed by atoms with Crippen molar-refractivity contribution in [3.8, 4) is 0 Å². The standard InChI is InChI=1S/C10H15NO2S2/c1-8(2)15(12,13)10-5-3-9(4-6-10)11-7-14/h3-6,8,11,14H,7H2,1-2H3. The normalized spacial score (nSPS) is 11.7. The van der Waals surface area contributed by atoms with Crippen molar-refractivity contribution in [3.63, 3.8) is 0 Å². The highest BCUT2D eigenvalue weighted by atomic mass is 32.2. The van der Waals surface area contributed by atoms with E-state index in [1.807, 2.05) is 0 Å². The minimum Gasteiger partial charge on any atom is -0.376 e. The lowest BCUT2D eigenvalue weighted by molar-refractivity contribution is 0.587. The molecule has 0 spiro atoms. The number of sulfone groups is 1. The number of hydrogen-bond donors (Lipinski definition) is 2. The van der Waals surface area contributed by atoms with Crippen LogP contribution in [-0.4, -0.2) is 19.5 Å². The van der Waals surface area contributed by atoms with Crippen LogP contribution in [0.25, 0.3) is 0 Å². The van der Waals surface area contributed by atoms with Crippen molar-refractivity contribution in [3.05, 3.63) is 24.3 Å². The van der Waals surface area contributed by atoms with Crippen LogP contribution in [0.2, 0.25) is 0 Å². The molecular weight excluding hydrogens is 230 g/mol. The smallest absolute Gasteiger partial charge is 0.180 e. The van der Waals surface area contributed by atoms with E-state index in [4.69, 9.17) is 0 Å². The van der Waals surface area contributed by atoms with Gasteiger partial charge in [-0.1, -0.05) is 0 Å². The molecule has 1 aromatic rings. The van der Waals surface area contributed by atoms with Crippen LogP contribution in [0, 0.1) is 0 Å². The van der Waals surface area contributed by atoms with Crippen molar-refractivity contribution < 1.29 is 8.42 Å². The zero-order chi connectivity index (χ0) is 11.5. The highest BCUT2D eigenvalue weighted by Gasteiger charge is 2.18. The Kier molecular flexibility index (Phi) is 4.04. The molecule has 0 aliphatic heterocycles. The van der Waals surface area contributed by atoms with E-state index in [0.29, 0.717) is 10.8 Å². The van der Waals surface area contributed by atoms with Gasteiger partial charge in [0.1, 0.15) is 0 Å². The summed E-state index contributed by atoms with van der Waals surface area (Å²) in [6, 6.07) is 6.71. The van der Waals surface area contributed by atoms with Crippen LogP contribution < -0.4 is 5.32 Å². The van der Waals surface area contributed by atoms with Crippen LogP contribution >= 0.6 is 12.6 Å². The third kappa shape index (κ3) is 2.89. The highest BCUT2D eigenvalue weighted by molar-refractivity contribution is 7.92. The summed E-state index contributed by atoms with van der Waals surface area (Å²) in [5.74, 6) is 0.524. The summed E-state index contributed by atoms with van der Waals surface area (Å²) in [7, 11) is -3.16. The van der Waals surface area contributed by atoms with Crippen molar-refractivity contribution in [1.29, 1.82) is 0 Å². The largest absolute Gasteiger partial charge is 0.376 e. The average molecular weight is 245 g/mol. The predicted octanol–water partition coefficient (Wildman–Crippen LogP) is 2.17. The SMILES string of the molecule is CC(C)S(=O)(=O)c1ccc(NCS)cc1. The minimum atomic E-state index is -3.16. The van der Waals surface area contributed by atoms with Crippen LogP contribution in [0.3, 0.4) is 0 Å². The van der Waals surface area contributed by atoms with Crippen molar-refractivity contribution >= 4 is 28.2 Å². The molecule has 0 bridgehead atoms. The highest BCUT2D eigenvalue weighted by Crippen LogP contribution is 2.18. The molecule has 0 saturated carbocycles.